The minimum Gasteiger partial charge on any atom is -0.439 e. The van der Waals surface area contributed by atoms with E-state index in [1.54, 1.807) is 0 Å². The van der Waals surface area contributed by atoms with Crippen molar-refractivity contribution < 1.29 is 4.42 Å². The molecule has 4 nitrogen and oxygen atoms in total. The van der Waals surface area contributed by atoms with Crippen molar-refractivity contribution in [2.24, 2.45) is 5.73 Å². The summed E-state index contributed by atoms with van der Waals surface area (Å²) in [5.41, 5.74) is 7.76. The van der Waals surface area contributed by atoms with E-state index in [1.807, 2.05) is 24.3 Å². The Bertz CT molecular complexity index is 475. The molecule has 17 heavy (non-hydrogen) atoms. The molecule has 1 aliphatic heterocycles. The molecule has 1 aliphatic rings. The number of para-hydroxylation sites is 2. The monoisotopic (exact) mass is 231 g/mol. The number of likely N-dealkylation sites (tertiary alicyclic amines) is 1. The van der Waals surface area contributed by atoms with E-state index in [4.69, 9.17) is 10.2 Å². The van der Waals surface area contributed by atoms with Gasteiger partial charge in [0.2, 0.25) is 5.89 Å². The molecular weight excluding hydrogens is 214 g/mol. The van der Waals surface area contributed by atoms with Crippen molar-refractivity contribution >= 4 is 11.1 Å². The summed E-state index contributed by atoms with van der Waals surface area (Å²) in [7, 11) is 0. The van der Waals surface area contributed by atoms with E-state index in [0.717, 1.165) is 43.0 Å². The minimum atomic E-state index is 0.299. The summed E-state index contributed by atoms with van der Waals surface area (Å²) in [5, 5.41) is 0. The fourth-order valence-corrected chi connectivity index (χ4v) is 2.41. The zero-order valence-corrected chi connectivity index (χ0v) is 9.80. The van der Waals surface area contributed by atoms with Crippen LogP contribution < -0.4 is 5.73 Å². The van der Waals surface area contributed by atoms with E-state index < -0.39 is 0 Å². The minimum absolute atomic E-state index is 0.299. The fraction of sp³-hybridized carbons (Fsp3) is 0.462. The van der Waals surface area contributed by atoms with Crippen LogP contribution in [0.2, 0.25) is 0 Å². The van der Waals surface area contributed by atoms with Gasteiger partial charge in [-0.3, -0.25) is 4.90 Å². The van der Waals surface area contributed by atoms with Gasteiger partial charge in [-0.05, 0) is 31.5 Å². The molecule has 0 bridgehead atoms. The number of nitrogens with zero attached hydrogens (tertiary/aromatic N) is 2. The van der Waals surface area contributed by atoms with Gasteiger partial charge in [0.1, 0.15) is 5.52 Å². The molecule has 1 fully saturated rings. The molecule has 1 saturated heterocycles. The molecule has 3 rings (SSSR count). The molecule has 0 amide bonds. The number of hydrogen-bond acceptors (Lipinski definition) is 4. The molecule has 0 saturated carbocycles. The van der Waals surface area contributed by atoms with Gasteiger partial charge < -0.3 is 10.2 Å². The van der Waals surface area contributed by atoms with Crippen LogP contribution in [0.5, 0.6) is 0 Å². The zero-order valence-electron chi connectivity index (χ0n) is 9.80. The first-order chi connectivity index (χ1) is 8.31. The van der Waals surface area contributed by atoms with Crippen molar-refractivity contribution in [1.82, 2.24) is 9.88 Å². The summed E-state index contributed by atoms with van der Waals surface area (Å²) in [5.74, 6) is 0.792. The number of piperidine rings is 1. The van der Waals surface area contributed by atoms with E-state index in [1.165, 1.54) is 6.42 Å². The van der Waals surface area contributed by atoms with Crippen LogP contribution in [0.4, 0.5) is 0 Å². The predicted molar refractivity (Wildman–Crippen MR) is 66.5 cm³/mol. The number of nitrogens with two attached hydrogens (primary N) is 1. The summed E-state index contributed by atoms with van der Waals surface area (Å²) >= 11 is 0. The van der Waals surface area contributed by atoms with Gasteiger partial charge in [-0.2, -0.15) is 0 Å². The molecular formula is C13H17N3O. The van der Waals surface area contributed by atoms with Gasteiger partial charge >= 0.3 is 0 Å². The van der Waals surface area contributed by atoms with E-state index >= 15 is 0 Å². The first kappa shape index (κ1) is 10.7. The Morgan fingerprint density at radius 3 is 3.12 bits per heavy atom. The zero-order chi connectivity index (χ0) is 11.7. The predicted octanol–water partition coefficient (Wildman–Crippen LogP) is 1.75. The lowest BCUT2D eigenvalue weighted by molar-refractivity contribution is 0.186. The van der Waals surface area contributed by atoms with Crippen molar-refractivity contribution in [3.8, 4) is 0 Å². The van der Waals surface area contributed by atoms with Crippen LogP contribution in [0.25, 0.3) is 11.1 Å². The van der Waals surface area contributed by atoms with E-state index in [2.05, 4.69) is 9.88 Å². The van der Waals surface area contributed by atoms with Gasteiger partial charge in [0.15, 0.2) is 5.58 Å². The first-order valence-corrected chi connectivity index (χ1v) is 6.13. The Kier molecular flexibility index (Phi) is 2.82. The van der Waals surface area contributed by atoms with Crippen LogP contribution >= 0.6 is 0 Å². The van der Waals surface area contributed by atoms with Crippen LogP contribution in [-0.4, -0.2) is 29.0 Å². The van der Waals surface area contributed by atoms with Crippen LogP contribution in [0.1, 0.15) is 18.7 Å². The number of benzene rings is 1. The second-order valence-electron chi connectivity index (χ2n) is 4.71. The van der Waals surface area contributed by atoms with Crippen molar-refractivity contribution in [3.05, 3.63) is 30.2 Å². The van der Waals surface area contributed by atoms with Crippen LogP contribution in [0.15, 0.2) is 28.7 Å². The van der Waals surface area contributed by atoms with Gasteiger partial charge in [0, 0.05) is 12.6 Å². The lowest BCUT2D eigenvalue weighted by atomic mass is 10.1. The quantitative estimate of drug-likeness (QED) is 0.855. The van der Waals surface area contributed by atoms with Gasteiger partial charge in [0.25, 0.3) is 0 Å². The van der Waals surface area contributed by atoms with Crippen molar-refractivity contribution in [2.75, 3.05) is 13.1 Å². The molecule has 1 atom stereocenters. The highest BCUT2D eigenvalue weighted by Gasteiger charge is 2.18. The van der Waals surface area contributed by atoms with Gasteiger partial charge in [0.05, 0.1) is 6.54 Å². The second kappa shape index (κ2) is 4.47. The van der Waals surface area contributed by atoms with Crippen LogP contribution in [0, 0.1) is 0 Å². The first-order valence-electron chi connectivity index (χ1n) is 6.13. The summed E-state index contributed by atoms with van der Waals surface area (Å²) < 4.78 is 5.71. The summed E-state index contributed by atoms with van der Waals surface area (Å²) in [6.07, 6.45) is 2.30. The number of fused-ring (bicyclic) bond motifs is 1. The maximum Gasteiger partial charge on any atom is 0.209 e. The van der Waals surface area contributed by atoms with Crippen LogP contribution in [-0.2, 0) is 6.54 Å². The molecule has 1 aromatic heterocycles. The number of oxazole rings is 1. The van der Waals surface area contributed by atoms with E-state index in [-0.39, 0.29) is 0 Å². The molecule has 0 radical (unpaired) electrons. The van der Waals surface area contributed by atoms with Gasteiger partial charge in [-0.1, -0.05) is 12.1 Å². The SMILES string of the molecule is N[C@@H]1CCCN(Cc2nc3ccccc3o2)C1. The number of rotatable bonds is 2. The maximum atomic E-state index is 5.96. The van der Waals surface area contributed by atoms with Crippen molar-refractivity contribution in [1.29, 1.82) is 0 Å². The molecule has 90 valence electrons. The maximum absolute atomic E-state index is 5.96. The molecule has 0 aliphatic carbocycles. The Labute approximate surface area is 100 Å². The second-order valence-corrected chi connectivity index (χ2v) is 4.71. The lowest BCUT2D eigenvalue weighted by Gasteiger charge is -2.29. The average Bonchev–Trinajstić information content (AvgIpc) is 2.71. The number of aromatic nitrogens is 1. The van der Waals surface area contributed by atoms with Crippen molar-refractivity contribution in [2.45, 2.75) is 25.4 Å². The Morgan fingerprint density at radius 1 is 1.41 bits per heavy atom. The third kappa shape index (κ3) is 2.33. The Morgan fingerprint density at radius 2 is 2.29 bits per heavy atom. The smallest absolute Gasteiger partial charge is 0.209 e. The highest BCUT2D eigenvalue weighted by molar-refractivity contribution is 5.72. The summed E-state index contributed by atoms with van der Waals surface area (Å²) in [6, 6.07) is 8.17. The molecule has 2 aromatic rings. The van der Waals surface area contributed by atoms with E-state index in [9.17, 15) is 0 Å². The normalized spacial score (nSPS) is 22.1. The van der Waals surface area contributed by atoms with Crippen molar-refractivity contribution in [3.63, 3.8) is 0 Å². The van der Waals surface area contributed by atoms with Crippen LogP contribution in [0.3, 0.4) is 0 Å². The molecule has 2 N–H and O–H groups in total. The highest BCUT2D eigenvalue weighted by Crippen LogP contribution is 2.17. The molecule has 4 heteroatoms. The lowest BCUT2D eigenvalue weighted by Crippen LogP contribution is -2.42. The van der Waals surface area contributed by atoms with Gasteiger partial charge in [-0.15, -0.1) is 0 Å². The standard InChI is InChI=1S/C13H17N3O/c14-10-4-3-7-16(8-10)9-13-15-11-5-1-2-6-12(11)17-13/h1-2,5-6,10H,3-4,7-9,14H2/t10-/m1/s1. The average molecular weight is 231 g/mol. The largest absolute Gasteiger partial charge is 0.439 e. The topological polar surface area (TPSA) is 55.3 Å². The molecule has 1 aromatic carbocycles. The van der Waals surface area contributed by atoms with Gasteiger partial charge in [-0.25, -0.2) is 4.98 Å². The summed E-state index contributed by atoms with van der Waals surface area (Å²) in [4.78, 5) is 6.80. The highest BCUT2D eigenvalue weighted by atomic mass is 16.3. The third-order valence-electron chi connectivity index (χ3n) is 3.24. The third-order valence-corrected chi connectivity index (χ3v) is 3.24. The summed E-state index contributed by atoms with van der Waals surface area (Å²) in [6.45, 7) is 2.80. The Balaban J connectivity index is 1.75. The molecule has 0 unspecified atom stereocenters. The molecule has 2 heterocycles. The van der Waals surface area contributed by atoms with E-state index in [0.29, 0.717) is 6.04 Å². The molecule has 0 spiro atoms. The Hall–Kier alpha value is -1.39. The fourth-order valence-electron chi connectivity index (χ4n) is 2.41. The number of hydrogen-bond donors (Lipinski definition) is 1.